The number of nitrogens with zero attached hydrogens (tertiary/aromatic N) is 2. The molecule has 2 aromatic carbocycles. The van der Waals surface area contributed by atoms with Crippen LogP contribution in [0, 0.1) is 6.92 Å². The molecule has 0 bridgehead atoms. The first kappa shape index (κ1) is 26.9. The maximum Gasteiger partial charge on any atom is 0.244 e. The summed E-state index contributed by atoms with van der Waals surface area (Å²) in [7, 11) is -3.72. The highest BCUT2D eigenvalue weighted by Crippen LogP contribution is 2.20. The van der Waals surface area contributed by atoms with Crippen molar-refractivity contribution in [2.45, 2.75) is 46.2 Å². The zero-order chi connectivity index (χ0) is 24.6. The molecular formula is C24H32BrN3O4S. The lowest BCUT2D eigenvalue weighted by Gasteiger charge is -2.31. The van der Waals surface area contributed by atoms with Crippen LogP contribution in [-0.4, -0.2) is 50.5 Å². The Kier molecular flexibility index (Phi) is 9.91. The van der Waals surface area contributed by atoms with Crippen molar-refractivity contribution >= 4 is 43.5 Å². The largest absolute Gasteiger partial charge is 0.354 e. The van der Waals surface area contributed by atoms with Gasteiger partial charge in [-0.25, -0.2) is 8.42 Å². The van der Waals surface area contributed by atoms with Crippen LogP contribution in [-0.2, 0) is 26.2 Å². The summed E-state index contributed by atoms with van der Waals surface area (Å²) >= 11 is 3.43. The fourth-order valence-electron chi connectivity index (χ4n) is 3.28. The molecule has 180 valence electrons. The van der Waals surface area contributed by atoms with Crippen molar-refractivity contribution in [1.29, 1.82) is 0 Å². The summed E-state index contributed by atoms with van der Waals surface area (Å²) in [4.78, 5) is 27.6. The number of benzene rings is 2. The van der Waals surface area contributed by atoms with Crippen molar-refractivity contribution in [1.82, 2.24) is 10.2 Å². The van der Waals surface area contributed by atoms with Gasteiger partial charge in [0.1, 0.15) is 12.6 Å². The number of rotatable bonds is 11. The highest BCUT2D eigenvalue weighted by Gasteiger charge is 2.30. The molecule has 0 radical (unpaired) electrons. The van der Waals surface area contributed by atoms with Gasteiger partial charge in [0.2, 0.25) is 21.8 Å². The van der Waals surface area contributed by atoms with E-state index in [0.717, 1.165) is 39.0 Å². The maximum atomic E-state index is 13.4. The number of halogens is 1. The second kappa shape index (κ2) is 12.2. The summed E-state index contributed by atoms with van der Waals surface area (Å²) in [6, 6.07) is 13.6. The molecule has 0 spiro atoms. The summed E-state index contributed by atoms with van der Waals surface area (Å²) in [5.41, 5.74) is 2.21. The number of nitrogens with one attached hydrogen (secondary N) is 1. The predicted octanol–water partition coefficient (Wildman–Crippen LogP) is 3.86. The SMILES string of the molecule is CCCCNC(=O)C(C)N(Cc1cccc(Br)c1)C(=O)CN(c1ccc(C)cc1)S(C)(=O)=O. The lowest BCUT2D eigenvalue weighted by Crippen LogP contribution is -2.51. The molecule has 1 unspecified atom stereocenters. The van der Waals surface area contributed by atoms with Crippen LogP contribution in [0.5, 0.6) is 0 Å². The Balaban J connectivity index is 2.33. The molecule has 2 rings (SSSR count). The van der Waals surface area contributed by atoms with E-state index in [1.165, 1.54) is 4.90 Å². The molecule has 0 aliphatic carbocycles. The number of sulfonamides is 1. The van der Waals surface area contributed by atoms with Crippen LogP contribution in [0.3, 0.4) is 0 Å². The molecule has 0 aromatic heterocycles. The van der Waals surface area contributed by atoms with Crippen molar-refractivity contribution in [3.05, 3.63) is 64.1 Å². The van der Waals surface area contributed by atoms with E-state index in [2.05, 4.69) is 21.2 Å². The van der Waals surface area contributed by atoms with E-state index in [-0.39, 0.29) is 12.5 Å². The van der Waals surface area contributed by atoms with E-state index in [9.17, 15) is 18.0 Å². The second-order valence-corrected chi connectivity index (χ2v) is 10.9. The Hall–Kier alpha value is -2.39. The summed E-state index contributed by atoms with van der Waals surface area (Å²) in [6.45, 7) is 5.89. The van der Waals surface area contributed by atoms with Gasteiger partial charge in [-0.05, 0) is 50.1 Å². The van der Waals surface area contributed by atoms with Crippen molar-refractivity contribution in [3.8, 4) is 0 Å². The van der Waals surface area contributed by atoms with Gasteiger partial charge in [-0.1, -0.05) is 59.1 Å². The third-order valence-electron chi connectivity index (χ3n) is 5.24. The number of amides is 2. The number of unbranched alkanes of at least 4 members (excludes halogenated alkanes) is 1. The third kappa shape index (κ3) is 8.16. The maximum absolute atomic E-state index is 13.4. The van der Waals surface area contributed by atoms with Crippen LogP contribution in [0.1, 0.15) is 37.8 Å². The highest BCUT2D eigenvalue weighted by atomic mass is 79.9. The Morgan fingerprint density at radius 3 is 2.36 bits per heavy atom. The molecule has 0 fully saturated rings. The first-order chi connectivity index (χ1) is 15.5. The number of hydrogen-bond donors (Lipinski definition) is 1. The van der Waals surface area contributed by atoms with E-state index in [0.29, 0.717) is 12.2 Å². The monoisotopic (exact) mass is 537 g/mol. The van der Waals surface area contributed by atoms with Crippen LogP contribution in [0.2, 0.25) is 0 Å². The summed E-state index contributed by atoms with van der Waals surface area (Å²) in [5, 5.41) is 2.86. The third-order valence-corrected chi connectivity index (χ3v) is 6.87. The Bertz CT molecular complexity index is 1060. The minimum atomic E-state index is -3.72. The molecular weight excluding hydrogens is 506 g/mol. The molecule has 33 heavy (non-hydrogen) atoms. The van der Waals surface area contributed by atoms with Crippen LogP contribution in [0.25, 0.3) is 0 Å². The Morgan fingerprint density at radius 1 is 1.12 bits per heavy atom. The average Bonchev–Trinajstić information content (AvgIpc) is 2.75. The molecule has 0 aliphatic rings. The minimum absolute atomic E-state index is 0.173. The normalized spacial score (nSPS) is 12.2. The van der Waals surface area contributed by atoms with Crippen LogP contribution < -0.4 is 9.62 Å². The second-order valence-electron chi connectivity index (χ2n) is 8.08. The van der Waals surface area contributed by atoms with Crippen molar-refractivity contribution in [3.63, 3.8) is 0 Å². The molecule has 0 saturated heterocycles. The van der Waals surface area contributed by atoms with E-state index in [1.54, 1.807) is 31.2 Å². The minimum Gasteiger partial charge on any atom is -0.354 e. The van der Waals surface area contributed by atoms with Gasteiger partial charge in [0.05, 0.1) is 11.9 Å². The van der Waals surface area contributed by atoms with E-state index in [1.807, 2.05) is 38.1 Å². The number of hydrogen-bond acceptors (Lipinski definition) is 4. The smallest absolute Gasteiger partial charge is 0.244 e. The molecule has 9 heteroatoms. The molecule has 0 heterocycles. The van der Waals surface area contributed by atoms with Gasteiger partial charge < -0.3 is 10.2 Å². The summed E-state index contributed by atoms with van der Waals surface area (Å²) in [5.74, 6) is -0.729. The fourth-order valence-corrected chi connectivity index (χ4v) is 4.57. The first-order valence-electron chi connectivity index (χ1n) is 10.9. The quantitative estimate of drug-likeness (QED) is 0.441. The molecule has 2 amide bonds. The zero-order valence-electron chi connectivity index (χ0n) is 19.5. The van der Waals surface area contributed by atoms with Crippen molar-refractivity contribution in [2.24, 2.45) is 0 Å². The Morgan fingerprint density at radius 2 is 1.79 bits per heavy atom. The van der Waals surface area contributed by atoms with Crippen molar-refractivity contribution in [2.75, 3.05) is 23.7 Å². The number of carbonyl (C=O) groups is 2. The van der Waals surface area contributed by atoms with Crippen LogP contribution in [0.15, 0.2) is 53.0 Å². The predicted molar refractivity (Wildman–Crippen MR) is 135 cm³/mol. The molecule has 0 saturated carbocycles. The number of aryl methyl sites for hydroxylation is 1. The van der Waals surface area contributed by atoms with E-state index in [4.69, 9.17) is 0 Å². The van der Waals surface area contributed by atoms with Gasteiger partial charge >= 0.3 is 0 Å². The highest BCUT2D eigenvalue weighted by molar-refractivity contribution is 9.10. The van der Waals surface area contributed by atoms with Crippen LogP contribution >= 0.6 is 15.9 Å². The zero-order valence-corrected chi connectivity index (χ0v) is 21.9. The van der Waals surface area contributed by atoms with Crippen molar-refractivity contribution < 1.29 is 18.0 Å². The van der Waals surface area contributed by atoms with Crippen LogP contribution in [0.4, 0.5) is 5.69 Å². The van der Waals surface area contributed by atoms with Gasteiger partial charge in [-0.3, -0.25) is 13.9 Å². The average molecular weight is 539 g/mol. The lowest BCUT2D eigenvalue weighted by atomic mass is 10.1. The molecule has 0 aliphatic heterocycles. The molecule has 7 nitrogen and oxygen atoms in total. The summed E-state index contributed by atoms with van der Waals surface area (Å²) in [6.07, 6.45) is 2.85. The van der Waals surface area contributed by atoms with Gasteiger partial charge in [0.15, 0.2) is 0 Å². The standard InChI is InChI=1S/C24H32BrN3O4S/c1-5-6-14-26-24(30)19(3)27(16-20-8-7-9-21(25)15-20)23(29)17-28(33(4,31)32)22-12-10-18(2)11-13-22/h7-13,15,19H,5-6,14,16-17H2,1-4H3,(H,26,30). The first-order valence-corrected chi connectivity index (χ1v) is 13.5. The van der Waals surface area contributed by atoms with E-state index < -0.39 is 28.5 Å². The van der Waals surface area contributed by atoms with Gasteiger partial charge in [-0.15, -0.1) is 0 Å². The Labute approximate surface area is 205 Å². The van der Waals surface area contributed by atoms with Gasteiger partial charge in [0, 0.05) is 17.6 Å². The summed E-state index contributed by atoms with van der Waals surface area (Å²) < 4.78 is 27.0. The van der Waals surface area contributed by atoms with E-state index >= 15 is 0 Å². The number of anilines is 1. The fraction of sp³-hybridized carbons (Fsp3) is 0.417. The van der Waals surface area contributed by atoms with Gasteiger partial charge in [-0.2, -0.15) is 0 Å². The number of carbonyl (C=O) groups excluding carboxylic acids is 2. The lowest BCUT2D eigenvalue weighted by molar-refractivity contribution is -0.139. The molecule has 1 atom stereocenters. The molecule has 1 N–H and O–H groups in total. The topological polar surface area (TPSA) is 86.8 Å². The van der Waals surface area contributed by atoms with Gasteiger partial charge in [0.25, 0.3) is 0 Å². The molecule has 2 aromatic rings.